The predicted octanol–water partition coefficient (Wildman–Crippen LogP) is 3.19. The summed E-state index contributed by atoms with van der Waals surface area (Å²) in [5.74, 6) is 2.29. The van der Waals surface area contributed by atoms with Gasteiger partial charge in [0.05, 0.1) is 6.20 Å². The number of hydrogen-bond donors (Lipinski definition) is 1. The van der Waals surface area contributed by atoms with Crippen molar-refractivity contribution in [3.05, 3.63) is 11.2 Å². The summed E-state index contributed by atoms with van der Waals surface area (Å²) in [6.07, 6.45) is 6.75. The number of aromatic nitrogens is 2. The number of rotatable bonds is 6. The molecule has 0 bridgehead atoms. The Bertz CT molecular complexity index is 393. The molecule has 5 heteroatoms. The zero-order valence-electron chi connectivity index (χ0n) is 11.1. The Morgan fingerprint density at radius 3 is 2.89 bits per heavy atom. The molecule has 100 valence electrons. The molecular weight excluding hydrogens is 248 g/mol. The highest BCUT2D eigenvalue weighted by Gasteiger charge is 2.21. The van der Waals surface area contributed by atoms with Crippen LogP contribution in [-0.4, -0.2) is 30.1 Å². The van der Waals surface area contributed by atoms with Gasteiger partial charge in [-0.05, 0) is 25.2 Å². The molecule has 0 atom stereocenters. The van der Waals surface area contributed by atoms with Crippen molar-refractivity contribution in [2.45, 2.75) is 32.6 Å². The molecule has 1 aromatic heterocycles. The van der Waals surface area contributed by atoms with Crippen molar-refractivity contribution in [2.24, 2.45) is 5.92 Å². The summed E-state index contributed by atoms with van der Waals surface area (Å²) >= 11 is 6.18. The van der Waals surface area contributed by atoms with E-state index >= 15 is 0 Å². The van der Waals surface area contributed by atoms with E-state index in [2.05, 4.69) is 34.2 Å². The standard InChI is InChI=1S/C13H21ClN4/c1-3-7-15-13-16-8-11(14)12(17-13)18(2)9-10-5-4-6-10/h8,10H,3-7,9H2,1-2H3,(H,15,16,17). The number of halogens is 1. The summed E-state index contributed by atoms with van der Waals surface area (Å²) in [6.45, 7) is 4.03. The highest BCUT2D eigenvalue weighted by molar-refractivity contribution is 6.32. The van der Waals surface area contributed by atoms with Crippen molar-refractivity contribution >= 4 is 23.4 Å². The van der Waals surface area contributed by atoms with Gasteiger partial charge in [0.25, 0.3) is 0 Å². The van der Waals surface area contributed by atoms with Gasteiger partial charge in [0.1, 0.15) is 5.02 Å². The molecule has 0 aromatic carbocycles. The lowest BCUT2D eigenvalue weighted by Crippen LogP contribution is -2.30. The first-order valence-corrected chi connectivity index (χ1v) is 7.06. The van der Waals surface area contributed by atoms with Gasteiger partial charge in [-0.15, -0.1) is 0 Å². The fourth-order valence-corrected chi connectivity index (χ4v) is 2.33. The summed E-state index contributed by atoms with van der Waals surface area (Å²) in [4.78, 5) is 10.8. The fourth-order valence-electron chi connectivity index (χ4n) is 2.10. The van der Waals surface area contributed by atoms with Crippen molar-refractivity contribution < 1.29 is 0 Å². The Labute approximate surface area is 114 Å². The Balaban J connectivity index is 2.04. The van der Waals surface area contributed by atoms with Crippen LogP contribution < -0.4 is 10.2 Å². The maximum Gasteiger partial charge on any atom is 0.224 e. The highest BCUT2D eigenvalue weighted by atomic mass is 35.5. The molecular formula is C13H21ClN4. The maximum absolute atomic E-state index is 6.18. The van der Waals surface area contributed by atoms with Crippen LogP contribution >= 0.6 is 11.6 Å². The van der Waals surface area contributed by atoms with Crippen LogP contribution in [0.4, 0.5) is 11.8 Å². The van der Waals surface area contributed by atoms with Crippen LogP contribution in [0.25, 0.3) is 0 Å². The zero-order chi connectivity index (χ0) is 13.0. The van der Waals surface area contributed by atoms with E-state index in [9.17, 15) is 0 Å². The van der Waals surface area contributed by atoms with Crippen LogP contribution in [0.15, 0.2) is 6.20 Å². The van der Waals surface area contributed by atoms with Crippen LogP contribution in [0.2, 0.25) is 5.02 Å². The molecule has 18 heavy (non-hydrogen) atoms. The van der Waals surface area contributed by atoms with E-state index in [0.29, 0.717) is 11.0 Å². The molecule has 2 rings (SSSR count). The third-order valence-electron chi connectivity index (χ3n) is 3.38. The first-order chi connectivity index (χ1) is 8.70. The fraction of sp³-hybridized carbons (Fsp3) is 0.692. The van der Waals surface area contributed by atoms with Gasteiger partial charge in [0.2, 0.25) is 5.95 Å². The summed E-state index contributed by atoms with van der Waals surface area (Å²) in [5.41, 5.74) is 0. The minimum Gasteiger partial charge on any atom is -0.358 e. The van der Waals surface area contributed by atoms with Gasteiger partial charge < -0.3 is 10.2 Å². The molecule has 0 unspecified atom stereocenters. The maximum atomic E-state index is 6.18. The van der Waals surface area contributed by atoms with Gasteiger partial charge in [-0.2, -0.15) is 4.98 Å². The Kier molecular flexibility index (Phi) is 4.64. The lowest BCUT2D eigenvalue weighted by Gasteiger charge is -2.31. The van der Waals surface area contributed by atoms with Crippen molar-refractivity contribution in [2.75, 3.05) is 30.4 Å². The van der Waals surface area contributed by atoms with E-state index in [-0.39, 0.29) is 0 Å². The molecule has 1 aliphatic rings. The SMILES string of the molecule is CCCNc1ncc(Cl)c(N(C)CC2CCC2)n1. The second kappa shape index (κ2) is 6.23. The monoisotopic (exact) mass is 268 g/mol. The predicted molar refractivity (Wildman–Crippen MR) is 76.4 cm³/mol. The Morgan fingerprint density at radius 2 is 2.28 bits per heavy atom. The molecule has 1 heterocycles. The average Bonchev–Trinajstić information content (AvgIpc) is 2.32. The molecule has 0 radical (unpaired) electrons. The van der Waals surface area contributed by atoms with Crippen molar-refractivity contribution in [3.63, 3.8) is 0 Å². The molecule has 0 saturated heterocycles. The molecule has 0 spiro atoms. The van der Waals surface area contributed by atoms with Crippen LogP contribution in [0.1, 0.15) is 32.6 Å². The quantitative estimate of drug-likeness (QED) is 0.860. The Hall–Kier alpha value is -1.03. The Morgan fingerprint density at radius 1 is 1.50 bits per heavy atom. The molecule has 4 nitrogen and oxygen atoms in total. The van der Waals surface area contributed by atoms with E-state index in [1.54, 1.807) is 6.20 Å². The topological polar surface area (TPSA) is 41.1 Å². The molecule has 1 aromatic rings. The summed E-state index contributed by atoms with van der Waals surface area (Å²) in [7, 11) is 2.05. The van der Waals surface area contributed by atoms with E-state index in [4.69, 9.17) is 11.6 Å². The summed E-state index contributed by atoms with van der Waals surface area (Å²) in [5, 5.41) is 3.81. The second-order valence-corrected chi connectivity index (χ2v) is 5.38. The van der Waals surface area contributed by atoms with Crippen LogP contribution in [0.5, 0.6) is 0 Å². The van der Waals surface area contributed by atoms with Gasteiger partial charge in [-0.3, -0.25) is 0 Å². The molecule has 1 N–H and O–H groups in total. The van der Waals surface area contributed by atoms with Gasteiger partial charge in [-0.1, -0.05) is 24.9 Å². The van der Waals surface area contributed by atoms with E-state index in [1.165, 1.54) is 19.3 Å². The van der Waals surface area contributed by atoms with Gasteiger partial charge >= 0.3 is 0 Å². The third-order valence-corrected chi connectivity index (χ3v) is 3.64. The van der Waals surface area contributed by atoms with Gasteiger partial charge in [0.15, 0.2) is 5.82 Å². The molecule has 1 fully saturated rings. The van der Waals surface area contributed by atoms with Gasteiger partial charge in [0, 0.05) is 20.1 Å². The van der Waals surface area contributed by atoms with Crippen LogP contribution in [-0.2, 0) is 0 Å². The normalized spacial score (nSPS) is 15.3. The molecule has 0 aliphatic heterocycles. The lowest BCUT2D eigenvalue weighted by molar-refractivity contribution is 0.321. The zero-order valence-corrected chi connectivity index (χ0v) is 11.9. The van der Waals surface area contributed by atoms with Gasteiger partial charge in [-0.25, -0.2) is 4.98 Å². The lowest BCUT2D eigenvalue weighted by atomic mass is 9.85. The number of hydrogen-bond acceptors (Lipinski definition) is 4. The summed E-state index contributed by atoms with van der Waals surface area (Å²) in [6, 6.07) is 0. The molecule has 1 aliphatic carbocycles. The highest BCUT2D eigenvalue weighted by Crippen LogP contribution is 2.30. The van der Waals surface area contributed by atoms with Crippen molar-refractivity contribution in [1.29, 1.82) is 0 Å². The van der Waals surface area contributed by atoms with Crippen LogP contribution in [0, 0.1) is 5.92 Å². The van der Waals surface area contributed by atoms with Crippen LogP contribution in [0.3, 0.4) is 0 Å². The third kappa shape index (κ3) is 3.25. The second-order valence-electron chi connectivity index (χ2n) is 4.97. The number of anilines is 2. The average molecular weight is 269 g/mol. The smallest absolute Gasteiger partial charge is 0.224 e. The van der Waals surface area contributed by atoms with Crippen molar-refractivity contribution in [3.8, 4) is 0 Å². The number of nitrogens with zero attached hydrogens (tertiary/aromatic N) is 3. The molecule has 0 amide bonds. The molecule has 1 saturated carbocycles. The largest absolute Gasteiger partial charge is 0.358 e. The summed E-state index contributed by atoms with van der Waals surface area (Å²) < 4.78 is 0. The first-order valence-electron chi connectivity index (χ1n) is 6.68. The first kappa shape index (κ1) is 13.4. The van der Waals surface area contributed by atoms with E-state index < -0.39 is 0 Å². The number of nitrogens with one attached hydrogen (secondary N) is 1. The van der Waals surface area contributed by atoms with Crippen molar-refractivity contribution in [1.82, 2.24) is 9.97 Å². The minimum atomic E-state index is 0.624. The minimum absolute atomic E-state index is 0.624. The van der Waals surface area contributed by atoms with E-state index in [0.717, 1.165) is 31.2 Å². The van der Waals surface area contributed by atoms with E-state index in [1.807, 2.05) is 0 Å².